The minimum Gasteiger partial charge on any atom is -0.497 e. The van der Waals surface area contributed by atoms with Crippen LogP contribution in [0.1, 0.15) is 26.3 Å². The molecule has 3 aromatic rings. The molecular weight excluding hydrogens is 507 g/mol. The van der Waals surface area contributed by atoms with Crippen LogP contribution < -0.4 is 18.5 Å². The third-order valence-corrected chi connectivity index (χ3v) is 6.21. The molecule has 0 fully saturated rings. The summed E-state index contributed by atoms with van der Waals surface area (Å²) in [7, 11) is -3.60. The van der Waals surface area contributed by atoms with Crippen molar-refractivity contribution in [3.8, 4) is 11.5 Å². The van der Waals surface area contributed by atoms with Crippen molar-refractivity contribution in [1.29, 1.82) is 0 Å². The number of nitrogens with zero attached hydrogens (tertiary/aromatic N) is 1. The van der Waals surface area contributed by atoms with Crippen LogP contribution >= 0.6 is 0 Å². The zero-order valence-electron chi connectivity index (χ0n) is 20.6. The van der Waals surface area contributed by atoms with Crippen LogP contribution in [0.25, 0.3) is 10.8 Å². The van der Waals surface area contributed by atoms with Crippen molar-refractivity contribution in [2.24, 2.45) is 0 Å². The van der Waals surface area contributed by atoms with E-state index in [9.17, 15) is 23.1 Å². The highest BCUT2D eigenvalue weighted by atomic mass is 32.2. The first-order valence-corrected chi connectivity index (χ1v) is 12.5. The zero-order chi connectivity index (χ0) is 27.4. The van der Waals surface area contributed by atoms with Crippen molar-refractivity contribution in [3.05, 3.63) is 66.0 Å². The largest absolute Gasteiger partial charge is 0.497 e. The second-order valence-electron chi connectivity index (χ2n) is 8.91. The molecular formula is C25H27FN2O8S. The Balaban J connectivity index is 2.18. The van der Waals surface area contributed by atoms with Crippen LogP contribution in [0.3, 0.4) is 0 Å². The smallest absolute Gasteiger partial charge is 0.422 e. The third-order valence-electron chi connectivity index (χ3n) is 4.89. The molecule has 3 rings (SSSR count). The Hall–Kier alpha value is -4.06. The lowest BCUT2D eigenvalue weighted by molar-refractivity contribution is -0.135. The molecule has 0 saturated heterocycles. The Labute approximate surface area is 213 Å². The zero-order valence-corrected chi connectivity index (χ0v) is 21.5. The number of carboxylic acids is 1. The fraction of sp³-hybridized carbons (Fsp3) is 0.280. The van der Waals surface area contributed by atoms with Crippen LogP contribution in [0, 0.1) is 5.82 Å². The lowest BCUT2D eigenvalue weighted by Gasteiger charge is -2.27. The number of nitrogens with one attached hydrogen (secondary N) is 1. The minimum atomic E-state index is -4.98. The van der Waals surface area contributed by atoms with E-state index in [1.54, 1.807) is 47.2 Å². The van der Waals surface area contributed by atoms with Gasteiger partial charge in [0.2, 0.25) is 0 Å². The van der Waals surface area contributed by atoms with Gasteiger partial charge in [-0.2, -0.15) is 8.42 Å². The van der Waals surface area contributed by atoms with Gasteiger partial charge in [0, 0.05) is 5.39 Å². The molecule has 0 atom stereocenters. The monoisotopic (exact) mass is 534 g/mol. The number of hydrogen-bond acceptors (Lipinski definition) is 7. The first-order chi connectivity index (χ1) is 17.3. The van der Waals surface area contributed by atoms with E-state index in [2.05, 4.69) is 0 Å². The average Bonchev–Trinajstić information content (AvgIpc) is 2.80. The number of methoxy groups -OCH3 is 1. The molecule has 10 nitrogen and oxygen atoms in total. The number of rotatable bonds is 9. The summed E-state index contributed by atoms with van der Waals surface area (Å²) >= 11 is 0. The Bertz CT molecular complexity index is 1410. The summed E-state index contributed by atoms with van der Waals surface area (Å²) < 4.78 is 60.2. The van der Waals surface area contributed by atoms with E-state index in [0.717, 1.165) is 0 Å². The summed E-state index contributed by atoms with van der Waals surface area (Å²) in [5, 5.41) is 9.77. The Morgan fingerprint density at radius 2 is 1.76 bits per heavy atom. The lowest BCUT2D eigenvalue weighted by Crippen LogP contribution is -2.47. The first kappa shape index (κ1) is 27.5. The number of anilines is 1. The summed E-state index contributed by atoms with van der Waals surface area (Å²) in [6.45, 7) is 3.25. The fourth-order valence-corrected chi connectivity index (χ4v) is 4.42. The number of carboxylic acid groups (broad SMARTS) is 1. The number of benzene rings is 3. The van der Waals surface area contributed by atoms with Crippen molar-refractivity contribution < 1.29 is 41.7 Å². The molecule has 0 saturated carbocycles. The van der Waals surface area contributed by atoms with Gasteiger partial charge in [-0.15, -0.1) is 0 Å². The Morgan fingerprint density at radius 1 is 1.08 bits per heavy atom. The summed E-state index contributed by atoms with van der Waals surface area (Å²) in [5.74, 6) is -2.66. The van der Waals surface area contributed by atoms with Gasteiger partial charge in [0.1, 0.15) is 35.9 Å². The highest BCUT2D eigenvalue weighted by molar-refractivity contribution is 7.91. The molecule has 1 amide bonds. The van der Waals surface area contributed by atoms with Crippen molar-refractivity contribution in [2.75, 3.05) is 18.0 Å². The third kappa shape index (κ3) is 7.00. The van der Waals surface area contributed by atoms with E-state index in [4.69, 9.17) is 14.2 Å². The lowest BCUT2D eigenvalue weighted by atomic mass is 10.1. The summed E-state index contributed by atoms with van der Waals surface area (Å²) in [5.41, 5.74) is -1.05. The number of ether oxygens (including phenoxy) is 3. The van der Waals surface area contributed by atoms with Crippen molar-refractivity contribution in [3.63, 3.8) is 0 Å². The van der Waals surface area contributed by atoms with Crippen molar-refractivity contribution >= 4 is 38.7 Å². The highest BCUT2D eigenvalue weighted by Crippen LogP contribution is 2.40. The fourth-order valence-electron chi connectivity index (χ4n) is 3.37. The van der Waals surface area contributed by atoms with Gasteiger partial charge in [-0.25, -0.2) is 18.2 Å². The van der Waals surface area contributed by atoms with Gasteiger partial charge in [0.05, 0.1) is 7.11 Å². The summed E-state index contributed by atoms with van der Waals surface area (Å²) in [6, 6.07) is 14.7. The standard InChI is InChI=1S/C25H27FN2O8S/c1-25(2,3)36-24(31)27-37(32,33)28(14-21(29)30)23-20(35-15-16-8-6-5-7-9-16)12-17-10-11-18(34-4)13-19(17)22(23)26/h5-13H,14-15H2,1-4H3,(H,27,31)(H,29,30). The molecule has 0 heterocycles. The number of aliphatic carboxylic acids is 1. The maximum absolute atomic E-state index is 16.0. The number of halogens is 1. The SMILES string of the molecule is COc1ccc2cc(OCc3ccccc3)c(N(CC(=O)O)S(=O)(=O)NC(=O)OC(C)(C)C)c(F)c2c1. The predicted octanol–water partition coefficient (Wildman–Crippen LogP) is 4.23. The Morgan fingerprint density at radius 3 is 2.35 bits per heavy atom. The molecule has 0 aliphatic carbocycles. The van der Waals surface area contributed by atoms with Gasteiger partial charge in [0.15, 0.2) is 5.82 Å². The Kier molecular flexibility index (Phi) is 8.12. The molecule has 0 aliphatic rings. The van der Waals surface area contributed by atoms with E-state index >= 15 is 4.39 Å². The van der Waals surface area contributed by atoms with E-state index in [0.29, 0.717) is 10.9 Å². The molecule has 0 radical (unpaired) electrons. The molecule has 198 valence electrons. The van der Waals surface area contributed by atoms with Crippen molar-refractivity contribution in [2.45, 2.75) is 33.0 Å². The minimum absolute atomic E-state index is 0.0516. The van der Waals surface area contributed by atoms with Crippen molar-refractivity contribution in [1.82, 2.24) is 4.72 Å². The van der Waals surface area contributed by atoms with Crippen LogP contribution in [0.4, 0.5) is 14.9 Å². The van der Waals surface area contributed by atoms with E-state index in [-0.39, 0.29) is 27.8 Å². The molecule has 0 spiro atoms. The molecule has 0 unspecified atom stereocenters. The predicted molar refractivity (Wildman–Crippen MR) is 135 cm³/mol. The highest BCUT2D eigenvalue weighted by Gasteiger charge is 2.34. The van der Waals surface area contributed by atoms with Crippen LogP contribution in [0.15, 0.2) is 54.6 Å². The van der Waals surface area contributed by atoms with Gasteiger partial charge < -0.3 is 19.3 Å². The quantitative estimate of drug-likeness (QED) is 0.417. The molecule has 3 aromatic carbocycles. The maximum atomic E-state index is 16.0. The number of carbonyl (C=O) groups excluding carboxylic acids is 1. The topological polar surface area (TPSA) is 131 Å². The van der Waals surface area contributed by atoms with E-state index in [1.807, 2.05) is 0 Å². The maximum Gasteiger partial charge on any atom is 0.422 e. The van der Waals surface area contributed by atoms with Crippen LogP contribution in [-0.4, -0.2) is 44.8 Å². The molecule has 37 heavy (non-hydrogen) atoms. The van der Waals surface area contributed by atoms with Gasteiger partial charge in [0.25, 0.3) is 0 Å². The van der Waals surface area contributed by atoms with Crippen LogP contribution in [0.5, 0.6) is 11.5 Å². The molecule has 0 aliphatic heterocycles. The summed E-state index contributed by atoms with van der Waals surface area (Å²) in [4.78, 5) is 23.9. The van der Waals surface area contributed by atoms with Gasteiger partial charge in [-0.1, -0.05) is 36.4 Å². The second kappa shape index (κ2) is 10.9. The van der Waals surface area contributed by atoms with Gasteiger partial charge >= 0.3 is 22.3 Å². The number of amides is 1. The number of carbonyl (C=O) groups is 2. The average molecular weight is 535 g/mol. The van der Waals surface area contributed by atoms with Crippen LogP contribution in [0.2, 0.25) is 0 Å². The normalized spacial score (nSPS) is 11.6. The summed E-state index contributed by atoms with van der Waals surface area (Å²) in [6.07, 6.45) is -1.36. The van der Waals surface area contributed by atoms with E-state index < -0.39 is 45.9 Å². The number of fused-ring (bicyclic) bond motifs is 1. The van der Waals surface area contributed by atoms with Gasteiger partial charge in [-0.05, 0) is 49.9 Å². The first-order valence-electron chi connectivity index (χ1n) is 11.0. The number of hydrogen-bond donors (Lipinski definition) is 2. The van der Waals surface area contributed by atoms with Crippen LogP contribution in [-0.2, 0) is 26.3 Å². The molecule has 2 N–H and O–H groups in total. The molecule has 12 heteroatoms. The van der Waals surface area contributed by atoms with Gasteiger partial charge in [-0.3, -0.25) is 4.79 Å². The second-order valence-corrected chi connectivity index (χ2v) is 10.5. The molecule has 0 aromatic heterocycles. The molecule has 0 bridgehead atoms. The van der Waals surface area contributed by atoms with E-state index in [1.165, 1.54) is 40.0 Å².